The molecular weight excluding hydrogens is 407 g/mol. The van der Waals surface area contributed by atoms with Crippen molar-refractivity contribution < 1.29 is 13.7 Å². The zero-order chi connectivity index (χ0) is 22.5. The SMILES string of the molecule is CC(C)Cc1noc(CN2Cc3ccccc3C[C@@H]2C(=O)NCCc2ccc(F)cc2)n1. The second-order valence-electron chi connectivity index (χ2n) is 8.76. The van der Waals surface area contributed by atoms with E-state index in [2.05, 4.69) is 46.3 Å². The van der Waals surface area contributed by atoms with Gasteiger partial charge in [-0.05, 0) is 47.6 Å². The first-order valence-electron chi connectivity index (χ1n) is 11.1. The van der Waals surface area contributed by atoms with Crippen LogP contribution in [-0.2, 0) is 37.1 Å². The molecule has 1 aromatic heterocycles. The Hall–Kier alpha value is -3.06. The molecule has 1 atom stereocenters. The predicted octanol–water partition coefficient (Wildman–Crippen LogP) is 3.69. The highest BCUT2D eigenvalue weighted by molar-refractivity contribution is 5.82. The van der Waals surface area contributed by atoms with Crippen molar-refractivity contribution >= 4 is 5.91 Å². The first-order valence-corrected chi connectivity index (χ1v) is 11.1. The highest BCUT2D eigenvalue weighted by Crippen LogP contribution is 2.25. The second kappa shape index (κ2) is 10.0. The molecule has 7 heteroatoms. The average molecular weight is 437 g/mol. The fourth-order valence-electron chi connectivity index (χ4n) is 4.08. The fraction of sp³-hybridized carbons (Fsp3) is 0.400. The van der Waals surface area contributed by atoms with E-state index in [1.165, 1.54) is 23.3 Å². The Morgan fingerprint density at radius 2 is 1.94 bits per heavy atom. The highest BCUT2D eigenvalue weighted by Gasteiger charge is 2.32. The summed E-state index contributed by atoms with van der Waals surface area (Å²) in [6.07, 6.45) is 2.04. The molecule has 1 amide bonds. The lowest BCUT2D eigenvalue weighted by molar-refractivity contribution is -0.127. The Morgan fingerprint density at radius 3 is 2.69 bits per heavy atom. The van der Waals surface area contributed by atoms with Crippen LogP contribution in [0, 0.1) is 11.7 Å². The van der Waals surface area contributed by atoms with Crippen LogP contribution in [-0.4, -0.2) is 33.5 Å². The fourth-order valence-corrected chi connectivity index (χ4v) is 4.08. The molecule has 168 valence electrons. The van der Waals surface area contributed by atoms with Crippen LogP contribution in [0.2, 0.25) is 0 Å². The summed E-state index contributed by atoms with van der Waals surface area (Å²) in [5.74, 6) is 1.40. The number of carbonyl (C=O) groups is 1. The van der Waals surface area contributed by atoms with E-state index in [9.17, 15) is 9.18 Å². The van der Waals surface area contributed by atoms with Gasteiger partial charge in [-0.2, -0.15) is 4.98 Å². The minimum Gasteiger partial charge on any atom is -0.354 e. The van der Waals surface area contributed by atoms with Gasteiger partial charge in [-0.1, -0.05) is 55.4 Å². The van der Waals surface area contributed by atoms with Crippen molar-refractivity contribution in [3.63, 3.8) is 0 Å². The van der Waals surface area contributed by atoms with Crippen molar-refractivity contribution in [3.8, 4) is 0 Å². The van der Waals surface area contributed by atoms with Crippen molar-refractivity contribution in [2.75, 3.05) is 6.54 Å². The van der Waals surface area contributed by atoms with Crippen LogP contribution in [0.15, 0.2) is 53.1 Å². The van der Waals surface area contributed by atoms with Crippen LogP contribution in [0.4, 0.5) is 4.39 Å². The summed E-state index contributed by atoms with van der Waals surface area (Å²) >= 11 is 0. The molecule has 0 fully saturated rings. The molecule has 4 rings (SSSR count). The third-order valence-electron chi connectivity index (χ3n) is 5.71. The van der Waals surface area contributed by atoms with Crippen molar-refractivity contribution in [3.05, 3.63) is 82.8 Å². The van der Waals surface area contributed by atoms with Gasteiger partial charge in [0.15, 0.2) is 5.82 Å². The van der Waals surface area contributed by atoms with Crippen LogP contribution >= 0.6 is 0 Å². The largest absolute Gasteiger partial charge is 0.354 e. The van der Waals surface area contributed by atoms with E-state index in [1.807, 2.05) is 12.1 Å². The van der Waals surface area contributed by atoms with Gasteiger partial charge in [0, 0.05) is 19.5 Å². The average Bonchev–Trinajstić information content (AvgIpc) is 3.20. The topological polar surface area (TPSA) is 71.3 Å². The summed E-state index contributed by atoms with van der Waals surface area (Å²) in [4.78, 5) is 19.7. The van der Waals surface area contributed by atoms with E-state index in [0.29, 0.717) is 50.1 Å². The molecule has 2 heterocycles. The number of rotatable bonds is 8. The normalized spacial score (nSPS) is 16.2. The van der Waals surface area contributed by atoms with E-state index in [4.69, 9.17) is 4.52 Å². The summed E-state index contributed by atoms with van der Waals surface area (Å²) in [7, 11) is 0. The van der Waals surface area contributed by atoms with Crippen LogP contribution in [0.5, 0.6) is 0 Å². The van der Waals surface area contributed by atoms with Crippen LogP contribution < -0.4 is 5.32 Å². The third kappa shape index (κ3) is 5.59. The minimum absolute atomic E-state index is 0.0245. The predicted molar refractivity (Wildman–Crippen MR) is 119 cm³/mol. The molecule has 1 aliphatic rings. The lowest BCUT2D eigenvalue weighted by Crippen LogP contribution is -2.50. The highest BCUT2D eigenvalue weighted by atomic mass is 19.1. The Bertz CT molecular complexity index is 1050. The number of nitrogens with zero attached hydrogens (tertiary/aromatic N) is 3. The summed E-state index contributed by atoms with van der Waals surface area (Å²) in [5, 5.41) is 7.14. The van der Waals surface area contributed by atoms with Gasteiger partial charge < -0.3 is 9.84 Å². The molecule has 0 unspecified atom stereocenters. The maximum absolute atomic E-state index is 13.1. The van der Waals surface area contributed by atoms with Gasteiger partial charge in [0.25, 0.3) is 0 Å². The molecule has 0 saturated heterocycles. The first-order chi connectivity index (χ1) is 15.5. The minimum atomic E-state index is -0.321. The maximum Gasteiger partial charge on any atom is 0.240 e. The Labute approximate surface area is 187 Å². The van der Waals surface area contributed by atoms with Crippen molar-refractivity contribution in [2.24, 2.45) is 5.92 Å². The Balaban J connectivity index is 1.43. The van der Waals surface area contributed by atoms with E-state index in [-0.39, 0.29) is 17.8 Å². The summed E-state index contributed by atoms with van der Waals surface area (Å²) in [6.45, 7) is 5.80. The van der Waals surface area contributed by atoms with Crippen LogP contribution in [0.1, 0.15) is 42.3 Å². The number of amides is 1. The lowest BCUT2D eigenvalue weighted by Gasteiger charge is -2.35. The zero-order valence-corrected chi connectivity index (χ0v) is 18.6. The Kier molecular flexibility index (Phi) is 6.95. The number of hydrogen-bond donors (Lipinski definition) is 1. The summed E-state index contributed by atoms with van der Waals surface area (Å²) in [5.41, 5.74) is 3.39. The van der Waals surface area contributed by atoms with Crippen molar-refractivity contribution in [2.45, 2.75) is 52.2 Å². The number of fused-ring (bicyclic) bond motifs is 1. The number of benzene rings is 2. The van der Waals surface area contributed by atoms with E-state index >= 15 is 0 Å². The number of halogens is 1. The van der Waals surface area contributed by atoms with E-state index in [1.54, 1.807) is 12.1 Å². The molecular formula is C25H29FN4O2. The standard InChI is InChI=1S/C25H29FN4O2/c1-17(2)13-23-28-24(32-29-23)16-30-15-20-6-4-3-5-19(20)14-22(30)25(31)27-12-11-18-7-9-21(26)10-8-18/h3-10,17,22H,11-16H2,1-2H3,(H,27,31)/t22-/m1/s1. The Morgan fingerprint density at radius 1 is 1.19 bits per heavy atom. The molecule has 0 aliphatic carbocycles. The third-order valence-corrected chi connectivity index (χ3v) is 5.71. The summed E-state index contributed by atoms with van der Waals surface area (Å²) < 4.78 is 18.6. The summed E-state index contributed by atoms with van der Waals surface area (Å²) in [6, 6.07) is 14.3. The molecule has 0 radical (unpaired) electrons. The zero-order valence-electron chi connectivity index (χ0n) is 18.6. The number of carbonyl (C=O) groups excluding carboxylic acids is 1. The number of aromatic nitrogens is 2. The maximum atomic E-state index is 13.1. The molecule has 1 N–H and O–H groups in total. The van der Waals surface area contributed by atoms with E-state index in [0.717, 1.165) is 12.0 Å². The van der Waals surface area contributed by atoms with Crippen molar-refractivity contribution in [1.29, 1.82) is 0 Å². The number of hydrogen-bond acceptors (Lipinski definition) is 5. The monoisotopic (exact) mass is 436 g/mol. The van der Waals surface area contributed by atoms with E-state index < -0.39 is 0 Å². The molecule has 0 bridgehead atoms. The molecule has 1 aliphatic heterocycles. The van der Waals surface area contributed by atoms with Gasteiger partial charge in [-0.25, -0.2) is 4.39 Å². The molecule has 3 aromatic rings. The van der Waals surface area contributed by atoms with Crippen LogP contribution in [0.25, 0.3) is 0 Å². The lowest BCUT2D eigenvalue weighted by atomic mass is 9.93. The second-order valence-corrected chi connectivity index (χ2v) is 8.76. The smallest absolute Gasteiger partial charge is 0.240 e. The van der Waals surface area contributed by atoms with Gasteiger partial charge >= 0.3 is 0 Å². The molecule has 0 saturated carbocycles. The molecule has 32 heavy (non-hydrogen) atoms. The molecule has 6 nitrogen and oxygen atoms in total. The van der Waals surface area contributed by atoms with Crippen molar-refractivity contribution in [1.82, 2.24) is 20.4 Å². The van der Waals surface area contributed by atoms with Crippen LogP contribution in [0.3, 0.4) is 0 Å². The van der Waals surface area contributed by atoms with Gasteiger partial charge in [0.05, 0.1) is 12.6 Å². The van der Waals surface area contributed by atoms with Gasteiger partial charge in [0.1, 0.15) is 5.82 Å². The number of nitrogens with one attached hydrogen (secondary N) is 1. The molecule has 2 aromatic carbocycles. The molecule has 0 spiro atoms. The quantitative estimate of drug-likeness (QED) is 0.583. The first kappa shape index (κ1) is 22.1. The van der Waals surface area contributed by atoms with Gasteiger partial charge in [0.2, 0.25) is 11.8 Å². The van der Waals surface area contributed by atoms with Gasteiger partial charge in [-0.15, -0.1) is 0 Å². The van der Waals surface area contributed by atoms with Gasteiger partial charge in [-0.3, -0.25) is 9.69 Å².